The molecule has 3 nitrogen and oxygen atoms in total. The van der Waals surface area contributed by atoms with E-state index in [9.17, 15) is 15.0 Å². The van der Waals surface area contributed by atoms with Crippen molar-refractivity contribution in [1.29, 1.82) is 0 Å². The minimum Gasteiger partial charge on any atom is -0.479 e. The molecule has 0 aromatic heterocycles. The van der Waals surface area contributed by atoms with Crippen LogP contribution >= 0.6 is 0 Å². The molecule has 0 amide bonds. The van der Waals surface area contributed by atoms with Crippen molar-refractivity contribution in [1.82, 2.24) is 0 Å². The van der Waals surface area contributed by atoms with Gasteiger partial charge in [-0.3, -0.25) is 0 Å². The summed E-state index contributed by atoms with van der Waals surface area (Å²) in [5, 5.41) is 20.3. The first-order chi connectivity index (χ1) is 9.37. The SMILES string of the molecule is Cc1cc([C@@](O)(C(=O)O)c2ccccc2)cc(C)c1C. The van der Waals surface area contributed by atoms with Gasteiger partial charge in [-0.1, -0.05) is 42.5 Å². The Morgan fingerprint density at radius 1 is 0.950 bits per heavy atom. The van der Waals surface area contributed by atoms with Crippen molar-refractivity contribution in [2.45, 2.75) is 26.4 Å². The van der Waals surface area contributed by atoms with E-state index in [0.717, 1.165) is 16.7 Å². The summed E-state index contributed by atoms with van der Waals surface area (Å²) in [5.41, 5.74) is 1.76. The van der Waals surface area contributed by atoms with Crippen molar-refractivity contribution in [3.63, 3.8) is 0 Å². The zero-order valence-corrected chi connectivity index (χ0v) is 11.8. The third-order valence-corrected chi connectivity index (χ3v) is 3.85. The molecule has 2 rings (SSSR count). The normalized spacial score (nSPS) is 13.8. The van der Waals surface area contributed by atoms with Crippen LogP contribution in [-0.4, -0.2) is 16.2 Å². The molecule has 0 saturated carbocycles. The second-order valence-electron chi connectivity index (χ2n) is 5.12. The number of rotatable bonds is 3. The quantitative estimate of drug-likeness (QED) is 0.901. The summed E-state index contributed by atoms with van der Waals surface area (Å²) in [4.78, 5) is 11.7. The van der Waals surface area contributed by atoms with Gasteiger partial charge in [-0.05, 0) is 48.6 Å². The highest BCUT2D eigenvalue weighted by molar-refractivity contribution is 5.84. The minimum atomic E-state index is -2.02. The van der Waals surface area contributed by atoms with E-state index in [1.165, 1.54) is 0 Å². The lowest BCUT2D eigenvalue weighted by Gasteiger charge is -2.26. The molecule has 2 aromatic carbocycles. The van der Waals surface area contributed by atoms with E-state index in [1.54, 1.807) is 42.5 Å². The summed E-state index contributed by atoms with van der Waals surface area (Å²) in [7, 11) is 0. The highest BCUT2D eigenvalue weighted by Gasteiger charge is 2.40. The van der Waals surface area contributed by atoms with Crippen LogP contribution in [-0.2, 0) is 10.4 Å². The van der Waals surface area contributed by atoms with Crippen molar-refractivity contribution in [2.75, 3.05) is 0 Å². The molecule has 20 heavy (non-hydrogen) atoms. The van der Waals surface area contributed by atoms with E-state index < -0.39 is 11.6 Å². The molecular formula is C17H18O3. The number of benzene rings is 2. The fraction of sp³-hybridized carbons (Fsp3) is 0.235. The monoisotopic (exact) mass is 270 g/mol. The Morgan fingerprint density at radius 2 is 1.45 bits per heavy atom. The highest BCUT2D eigenvalue weighted by Crippen LogP contribution is 2.32. The van der Waals surface area contributed by atoms with Crippen LogP contribution in [0.3, 0.4) is 0 Å². The molecule has 1 atom stereocenters. The zero-order valence-electron chi connectivity index (χ0n) is 11.8. The van der Waals surface area contributed by atoms with Crippen molar-refractivity contribution in [3.05, 3.63) is 70.3 Å². The van der Waals surface area contributed by atoms with E-state index in [1.807, 2.05) is 20.8 Å². The molecule has 0 bridgehead atoms. The minimum absolute atomic E-state index is 0.357. The molecule has 0 unspecified atom stereocenters. The van der Waals surface area contributed by atoms with Gasteiger partial charge in [-0.15, -0.1) is 0 Å². The molecule has 104 valence electrons. The Kier molecular flexibility index (Phi) is 3.64. The number of aryl methyl sites for hydroxylation is 2. The average Bonchev–Trinajstić information content (AvgIpc) is 2.44. The summed E-state index contributed by atoms with van der Waals surface area (Å²) in [6.07, 6.45) is 0. The smallest absolute Gasteiger partial charge is 0.345 e. The summed E-state index contributed by atoms with van der Waals surface area (Å²) < 4.78 is 0. The van der Waals surface area contributed by atoms with Crippen LogP contribution in [0.25, 0.3) is 0 Å². The molecule has 2 aromatic rings. The Hall–Kier alpha value is -2.13. The van der Waals surface area contributed by atoms with Crippen molar-refractivity contribution in [2.24, 2.45) is 0 Å². The van der Waals surface area contributed by atoms with Gasteiger partial charge in [0.25, 0.3) is 0 Å². The standard InChI is InChI=1S/C17H18O3/c1-11-9-15(10-12(2)13(11)3)17(20,16(18)19)14-7-5-4-6-8-14/h4-10,20H,1-3H3,(H,18,19)/t17-/m1/s1. The second-order valence-corrected chi connectivity index (χ2v) is 5.12. The highest BCUT2D eigenvalue weighted by atomic mass is 16.4. The van der Waals surface area contributed by atoms with Gasteiger partial charge in [0.05, 0.1) is 0 Å². The van der Waals surface area contributed by atoms with Gasteiger partial charge in [0, 0.05) is 0 Å². The van der Waals surface area contributed by atoms with Crippen LogP contribution in [0.2, 0.25) is 0 Å². The summed E-state index contributed by atoms with van der Waals surface area (Å²) in [6, 6.07) is 12.0. The summed E-state index contributed by atoms with van der Waals surface area (Å²) in [5.74, 6) is -1.27. The van der Waals surface area contributed by atoms with Crippen molar-refractivity contribution >= 4 is 5.97 Å². The lowest BCUT2D eigenvalue weighted by molar-refractivity contribution is -0.155. The van der Waals surface area contributed by atoms with Gasteiger partial charge in [0.15, 0.2) is 0 Å². The fourth-order valence-corrected chi connectivity index (χ4v) is 2.34. The number of hydrogen-bond acceptors (Lipinski definition) is 2. The maximum atomic E-state index is 11.7. The number of carbonyl (C=O) groups is 1. The topological polar surface area (TPSA) is 57.5 Å². The van der Waals surface area contributed by atoms with Crippen LogP contribution < -0.4 is 0 Å². The lowest BCUT2D eigenvalue weighted by Crippen LogP contribution is -2.37. The first-order valence-electron chi connectivity index (χ1n) is 6.47. The molecule has 3 heteroatoms. The van der Waals surface area contributed by atoms with Gasteiger partial charge >= 0.3 is 5.97 Å². The van der Waals surface area contributed by atoms with E-state index in [2.05, 4.69) is 0 Å². The molecule has 0 radical (unpaired) electrons. The third kappa shape index (κ3) is 2.21. The lowest BCUT2D eigenvalue weighted by atomic mass is 9.84. The summed E-state index contributed by atoms with van der Waals surface area (Å²) in [6.45, 7) is 5.81. The molecule has 0 heterocycles. The van der Waals surface area contributed by atoms with E-state index >= 15 is 0 Å². The van der Waals surface area contributed by atoms with Crippen LogP contribution in [0.5, 0.6) is 0 Å². The zero-order chi connectivity index (χ0) is 14.9. The molecule has 0 aliphatic carbocycles. The maximum Gasteiger partial charge on any atom is 0.345 e. The van der Waals surface area contributed by atoms with Crippen LogP contribution in [0.4, 0.5) is 0 Å². The molecule has 2 N–H and O–H groups in total. The summed E-state index contributed by atoms with van der Waals surface area (Å²) >= 11 is 0. The van der Waals surface area contributed by atoms with Gasteiger partial charge in [-0.25, -0.2) is 4.79 Å². The van der Waals surface area contributed by atoms with E-state index in [-0.39, 0.29) is 0 Å². The largest absolute Gasteiger partial charge is 0.479 e. The molecule has 0 aliphatic rings. The first-order valence-corrected chi connectivity index (χ1v) is 6.47. The van der Waals surface area contributed by atoms with Gasteiger partial charge < -0.3 is 10.2 Å². The fourth-order valence-electron chi connectivity index (χ4n) is 2.34. The molecule has 0 spiro atoms. The Balaban J connectivity index is 2.69. The molecule has 0 saturated heterocycles. The predicted molar refractivity (Wildman–Crippen MR) is 77.7 cm³/mol. The van der Waals surface area contributed by atoms with Crippen molar-refractivity contribution in [3.8, 4) is 0 Å². The average molecular weight is 270 g/mol. The maximum absolute atomic E-state index is 11.7. The van der Waals surface area contributed by atoms with Gasteiger partial charge in [0.2, 0.25) is 5.60 Å². The Morgan fingerprint density at radius 3 is 1.90 bits per heavy atom. The number of aliphatic carboxylic acids is 1. The Labute approximate surface area is 118 Å². The van der Waals surface area contributed by atoms with Crippen LogP contribution in [0, 0.1) is 20.8 Å². The molecule has 0 aliphatic heterocycles. The number of carboxylic acids is 1. The molecular weight excluding hydrogens is 252 g/mol. The van der Waals surface area contributed by atoms with Gasteiger partial charge in [0.1, 0.15) is 0 Å². The van der Waals surface area contributed by atoms with E-state index in [4.69, 9.17) is 0 Å². The van der Waals surface area contributed by atoms with Crippen LogP contribution in [0.1, 0.15) is 27.8 Å². The molecule has 0 fully saturated rings. The van der Waals surface area contributed by atoms with Gasteiger partial charge in [-0.2, -0.15) is 0 Å². The Bertz CT molecular complexity index is 624. The second kappa shape index (κ2) is 5.10. The third-order valence-electron chi connectivity index (χ3n) is 3.85. The number of carboxylic acid groups (broad SMARTS) is 1. The van der Waals surface area contributed by atoms with E-state index in [0.29, 0.717) is 11.1 Å². The van der Waals surface area contributed by atoms with Crippen molar-refractivity contribution < 1.29 is 15.0 Å². The van der Waals surface area contributed by atoms with Crippen LogP contribution in [0.15, 0.2) is 42.5 Å². The predicted octanol–water partition coefficient (Wildman–Crippen LogP) is 2.93. The number of hydrogen-bond donors (Lipinski definition) is 2. The number of aliphatic hydroxyl groups is 1. The first kappa shape index (κ1) is 14.3.